The van der Waals surface area contributed by atoms with Crippen molar-refractivity contribution in [2.45, 2.75) is 0 Å². The molecule has 0 amide bonds. The van der Waals surface area contributed by atoms with Crippen LogP contribution in [0.25, 0.3) is 0 Å². The number of benzene rings is 2. The van der Waals surface area contributed by atoms with Crippen LogP contribution < -0.4 is 17.0 Å². The molecule has 2 N–H and O–H groups in total. The molecule has 0 aliphatic heterocycles. The molecule has 0 bridgehead atoms. The molecule has 0 atom stereocenters. The molecule has 3 rings (SSSR count). The van der Waals surface area contributed by atoms with Gasteiger partial charge < -0.3 is 10.5 Å². The maximum absolute atomic E-state index is 12.4. The van der Waals surface area contributed by atoms with Crippen LogP contribution in [-0.2, 0) is 18.8 Å². The number of hydrogen-bond donors (Lipinski definition) is 1. The summed E-state index contributed by atoms with van der Waals surface area (Å²) in [5, 5.41) is 0. The van der Waals surface area contributed by atoms with Crippen LogP contribution in [0.4, 0.5) is 5.82 Å². The Hall–Kier alpha value is -4.60. The van der Waals surface area contributed by atoms with Gasteiger partial charge in [0.1, 0.15) is 11.4 Å². The molecular formula is C23H19N3O7. The predicted molar refractivity (Wildman–Crippen MR) is 117 cm³/mol. The molecule has 0 spiro atoms. The Bertz CT molecular complexity index is 1380. The number of nitrogens with two attached hydrogens (primary N) is 1. The summed E-state index contributed by atoms with van der Waals surface area (Å²) >= 11 is 0. The third kappa shape index (κ3) is 4.54. The van der Waals surface area contributed by atoms with Gasteiger partial charge in [-0.15, -0.1) is 0 Å². The summed E-state index contributed by atoms with van der Waals surface area (Å²) in [6.45, 7) is -0.788. The number of rotatable bonds is 7. The fourth-order valence-corrected chi connectivity index (χ4v) is 3.02. The zero-order valence-corrected chi connectivity index (χ0v) is 17.7. The quantitative estimate of drug-likeness (QED) is 0.316. The minimum absolute atomic E-state index is 0.0212. The van der Waals surface area contributed by atoms with Crippen molar-refractivity contribution in [1.29, 1.82) is 0 Å². The molecule has 10 nitrogen and oxygen atoms in total. The summed E-state index contributed by atoms with van der Waals surface area (Å²) in [4.78, 5) is 73.4. The number of carbonyl (C=O) groups excluding carboxylic acids is 4. The molecule has 0 fully saturated rings. The summed E-state index contributed by atoms with van der Waals surface area (Å²) in [6, 6.07) is 13.2. The highest BCUT2D eigenvalue weighted by Gasteiger charge is 2.22. The molecule has 0 aliphatic carbocycles. The Morgan fingerprint density at radius 3 is 1.88 bits per heavy atom. The topological polar surface area (TPSA) is 148 Å². The standard InChI is InChI=1S/C23H19N3O7/c1-25-20(24)17(21(30)26(2)23(25)32)16(27)12-33-22(31)15-10-8-14(9-11-15)19(29)18(28)13-6-4-3-5-7-13/h3-11H,12,24H2,1-2H3. The molecule has 3 aromatic rings. The first-order valence-electron chi connectivity index (χ1n) is 9.63. The van der Waals surface area contributed by atoms with Gasteiger partial charge in [0.15, 0.2) is 6.61 Å². The number of ketones is 3. The van der Waals surface area contributed by atoms with Crippen LogP contribution in [0.5, 0.6) is 0 Å². The molecule has 0 unspecified atom stereocenters. The maximum Gasteiger partial charge on any atom is 0.338 e. The first kappa shape index (κ1) is 23.1. The molecule has 1 aromatic heterocycles. The van der Waals surface area contributed by atoms with Crippen molar-refractivity contribution < 1.29 is 23.9 Å². The molecule has 0 aliphatic rings. The van der Waals surface area contributed by atoms with E-state index in [-0.39, 0.29) is 22.5 Å². The molecule has 168 valence electrons. The Kier molecular flexibility index (Phi) is 6.48. The van der Waals surface area contributed by atoms with Crippen LogP contribution in [0, 0.1) is 0 Å². The summed E-state index contributed by atoms with van der Waals surface area (Å²) < 4.78 is 6.60. The number of aromatic nitrogens is 2. The van der Waals surface area contributed by atoms with Crippen molar-refractivity contribution in [3.05, 3.63) is 97.7 Å². The number of anilines is 1. The van der Waals surface area contributed by atoms with Gasteiger partial charge in [-0.05, 0) is 12.1 Å². The van der Waals surface area contributed by atoms with Gasteiger partial charge in [-0.3, -0.25) is 28.3 Å². The zero-order valence-electron chi connectivity index (χ0n) is 17.7. The number of carbonyl (C=O) groups is 4. The highest BCUT2D eigenvalue weighted by atomic mass is 16.5. The van der Waals surface area contributed by atoms with Crippen molar-refractivity contribution in [3.63, 3.8) is 0 Å². The van der Waals surface area contributed by atoms with Crippen LogP contribution in [0.2, 0.25) is 0 Å². The first-order chi connectivity index (χ1) is 15.6. The van der Waals surface area contributed by atoms with E-state index in [0.29, 0.717) is 0 Å². The lowest BCUT2D eigenvalue weighted by atomic mass is 10.0. The number of Topliss-reactive ketones (excluding diaryl/α,β-unsaturated/α-hetero) is 3. The van der Waals surface area contributed by atoms with Crippen molar-refractivity contribution in [2.24, 2.45) is 14.1 Å². The van der Waals surface area contributed by atoms with E-state index < -0.39 is 46.7 Å². The second-order valence-electron chi connectivity index (χ2n) is 7.07. The summed E-state index contributed by atoms with van der Waals surface area (Å²) in [5.41, 5.74) is 3.99. The van der Waals surface area contributed by atoms with E-state index in [1.807, 2.05) is 0 Å². The van der Waals surface area contributed by atoms with Crippen molar-refractivity contribution in [1.82, 2.24) is 9.13 Å². The van der Waals surface area contributed by atoms with Gasteiger partial charge in [0.2, 0.25) is 17.3 Å². The van der Waals surface area contributed by atoms with Crippen molar-refractivity contribution in [3.8, 4) is 0 Å². The van der Waals surface area contributed by atoms with Gasteiger partial charge in [-0.1, -0.05) is 42.5 Å². The maximum atomic E-state index is 12.4. The molecular weight excluding hydrogens is 430 g/mol. The molecule has 0 radical (unpaired) electrons. The normalized spacial score (nSPS) is 10.5. The number of hydrogen-bond acceptors (Lipinski definition) is 8. The van der Waals surface area contributed by atoms with Crippen LogP contribution in [0.3, 0.4) is 0 Å². The monoisotopic (exact) mass is 449 g/mol. The average molecular weight is 449 g/mol. The average Bonchev–Trinajstić information content (AvgIpc) is 2.84. The van der Waals surface area contributed by atoms with Crippen LogP contribution in [0.15, 0.2) is 64.2 Å². The zero-order chi connectivity index (χ0) is 24.3. The Balaban J connectivity index is 1.70. The van der Waals surface area contributed by atoms with Gasteiger partial charge in [-0.25, -0.2) is 9.59 Å². The molecule has 10 heteroatoms. The van der Waals surface area contributed by atoms with Crippen molar-refractivity contribution >= 4 is 29.1 Å². The lowest BCUT2D eigenvalue weighted by Gasteiger charge is -2.11. The largest absolute Gasteiger partial charge is 0.454 e. The van der Waals surface area contributed by atoms with Gasteiger partial charge >= 0.3 is 11.7 Å². The van der Waals surface area contributed by atoms with E-state index >= 15 is 0 Å². The van der Waals surface area contributed by atoms with E-state index in [1.165, 1.54) is 50.5 Å². The third-order valence-corrected chi connectivity index (χ3v) is 4.95. The number of ether oxygens (including phenoxy) is 1. The highest BCUT2D eigenvalue weighted by Crippen LogP contribution is 2.11. The Morgan fingerprint density at radius 1 is 0.788 bits per heavy atom. The minimum atomic E-state index is -0.900. The van der Waals surface area contributed by atoms with E-state index in [2.05, 4.69) is 0 Å². The smallest absolute Gasteiger partial charge is 0.338 e. The second-order valence-corrected chi connectivity index (χ2v) is 7.07. The molecule has 33 heavy (non-hydrogen) atoms. The van der Waals surface area contributed by atoms with Crippen LogP contribution in [0.1, 0.15) is 41.4 Å². The summed E-state index contributed by atoms with van der Waals surface area (Å²) in [5.74, 6) is -3.53. The first-order valence-corrected chi connectivity index (χ1v) is 9.63. The van der Waals surface area contributed by atoms with Crippen LogP contribution >= 0.6 is 0 Å². The highest BCUT2D eigenvalue weighted by molar-refractivity contribution is 6.49. The molecule has 0 saturated heterocycles. The Labute approximate surface area is 186 Å². The lowest BCUT2D eigenvalue weighted by molar-refractivity contribution is 0.0474. The fourth-order valence-electron chi connectivity index (χ4n) is 3.02. The lowest BCUT2D eigenvalue weighted by Crippen LogP contribution is -2.42. The van der Waals surface area contributed by atoms with E-state index in [4.69, 9.17) is 10.5 Å². The fraction of sp³-hybridized carbons (Fsp3) is 0.130. The van der Waals surface area contributed by atoms with E-state index in [0.717, 1.165) is 9.13 Å². The Morgan fingerprint density at radius 2 is 1.30 bits per heavy atom. The van der Waals surface area contributed by atoms with Gasteiger partial charge in [0, 0.05) is 25.2 Å². The molecule has 2 aromatic carbocycles. The van der Waals surface area contributed by atoms with E-state index in [1.54, 1.807) is 18.2 Å². The van der Waals surface area contributed by atoms with Crippen molar-refractivity contribution in [2.75, 3.05) is 12.3 Å². The second kappa shape index (κ2) is 9.27. The minimum Gasteiger partial charge on any atom is -0.454 e. The van der Waals surface area contributed by atoms with E-state index in [9.17, 15) is 28.8 Å². The number of esters is 1. The third-order valence-electron chi connectivity index (χ3n) is 4.95. The molecule has 0 saturated carbocycles. The predicted octanol–water partition coefficient (Wildman–Crippen LogP) is 0.771. The molecule has 1 heterocycles. The van der Waals surface area contributed by atoms with Gasteiger partial charge in [0.05, 0.1) is 5.56 Å². The summed E-state index contributed by atoms with van der Waals surface area (Å²) in [7, 11) is 2.49. The van der Waals surface area contributed by atoms with Crippen LogP contribution in [-0.4, -0.2) is 39.1 Å². The van der Waals surface area contributed by atoms with Gasteiger partial charge in [-0.2, -0.15) is 0 Å². The SMILES string of the molecule is Cn1c(N)c(C(=O)COC(=O)c2ccc(C(=O)C(=O)c3ccccc3)cc2)c(=O)n(C)c1=O. The summed E-state index contributed by atoms with van der Waals surface area (Å²) in [6.07, 6.45) is 0. The number of nitrogens with zero attached hydrogens (tertiary/aromatic N) is 2. The number of nitrogen functional groups attached to an aromatic ring is 1. The van der Waals surface area contributed by atoms with Gasteiger partial charge in [0.25, 0.3) is 5.56 Å².